The van der Waals surface area contributed by atoms with E-state index in [1.54, 1.807) is 6.92 Å². The van der Waals surface area contributed by atoms with Gasteiger partial charge in [-0.3, -0.25) is 10.1 Å². The van der Waals surface area contributed by atoms with E-state index in [-0.39, 0.29) is 33.9 Å². The summed E-state index contributed by atoms with van der Waals surface area (Å²) >= 11 is 0. The number of hydrogen-bond acceptors (Lipinski definition) is 8. The molecule has 124 valence electrons. The first-order chi connectivity index (χ1) is 11.5. The summed E-state index contributed by atoms with van der Waals surface area (Å²) in [5.74, 6) is -0.169. The summed E-state index contributed by atoms with van der Waals surface area (Å²) in [5.41, 5.74) is 0.254. The van der Waals surface area contributed by atoms with Crippen LogP contribution in [-0.2, 0) is 9.84 Å². The third-order valence-electron chi connectivity index (χ3n) is 3.15. The van der Waals surface area contributed by atoms with Crippen molar-refractivity contribution in [1.82, 2.24) is 15.4 Å². The van der Waals surface area contributed by atoms with E-state index in [1.807, 2.05) is 0 Å². The van der Waals surface area contributed by atoms with Crippen molar-refractivity contribution < 1.29 is 22.2 Å². The van der Waals surface area contributed by atoms with Gasteiger partial charge in [-0.1, -0.05) is 17.2 Å². The van der Waals surface area contributed by atoms with Crippen molar-refractivity contribution in [2.45, 2.75) is 11.8 Å². The molecule has 0 unspecified atom stereocenters. The number of aromatic nitrogens is 3. The van der Waals surface area contributed by atoms with Crippen LogP contribution in [-0.4, -0.2) is 35.4 Å². The van der Waals surface area contributed by atoms with Gasteiger partial charge in [0.25, 0.3) is 11.8 Å². The highest BCUT2D eigenvalue weighted by Gasteiger charge is 2.16. The summed E-state index contributed by atoms with van der Waals surface area (Å²) in [6, 6.07) is 6.99. The maximum absolute atomic E-state index is 12.1. The molecule has 0 aliphatic carbocycles. The summed E-state index contributed by atoms with van der Waals surface area (Å²) in [7, 11) is -3.31. The monoisotopic (exact) mass is 348 g/mol. The second kappa shape index (κ2) is 6.24. The SMILES string of the molecule is CCS(=O)(=O)c1ccc(C(=O)Nc2nnc(-c3ccno3)o2)cc1. The molecule has 0 saturated heterocycles. The Balaban J connectivity index is 1.73. The maximum atomic E-state index is 12.1. The summed E-state index contributed by atoms with van der Waals surface area (Å²) < 4.78 is 33.6. The summed E-state index contributed by atoms with van der Waals surface area (Å²) in [5, 5.41) is 13.3. The van der Waals surface area contributed by atoms with Gasteiger partial charge in [-0.15, -0.1) is 5.10 Å². The van der Waals surface area contributed by atoms with Crippen LogP contribution in [0.25, 0.3) is 11.7 Å². The molecule has 0 fully saturated rings. The van der Waals surface area contributed by atoms with E-state index in [0.717, 1.165) is 0 Å². The number of hydrogen-bond donors (Lipinski definition) is 1. The molecule has 10 heteroatoms. The molecular weight excluding hydrogens is 336 g/mol. The Kier molecular flexibility index (Phi) is 4.13. The standard InChI is InChI=1S/C14H12N4O5S/c1-2-24(20,21)10-5-3-9(4-6-10)12(19)16-14-18-17-13(22-14)11-7-8-15-23-11/h3-8H,2H2,1H3,(H,16,18,19). The first-order valence-electron chi connectivity index (χ1n) is 6.88. The Morgan fingerprint density at radius 2 is 1.92 bits per heavy atom. The van der Waals surface area contributed by atoms with E-state index in [1.165, 1.54) is 36.5 Å². The number of sulfone groups is 1. The normalized spacial score (nSPS) is 11.4. The fraction of sp³-hybridized carbons (Fsp3) is 0.143. The van der Waals surface area contributed by atoms with Crippen LogP contribution < -0.4 is 5.32 Å². The van der Waals surface area contributed by atoms with E-state index in [2.05, 4.69) is 20.7 Å². The Hall–Kier alpha value is -3.01. The number of nitrogens with one attached hydrogen (secondary N) is 1. The van der Waals surface area contributed by atoms with Crippen LogP contribution in [0, 0.1) is 0 Å². The fourth-order valence-corrected chi connectivity index (χ4v) is 2.73. The minimum Gasteiger partial charge on any atom is -0.400 e. The predicted octanol–water partition coefficient (Wildman–Crippen LogP) is 1.77. The lowest BCUT2D eigenvalue weighted by Crippen LogP contribution is -2.12. The molecule has 0 atom stereocenters. The fourth-order valence-electron chi connectivity index (χ4n) is 1.85. The topological polar surface area (TPSA) is 128 Å². The Labute approximate surface area is 136 Å². The van der Waals surface area contributed by atoms with Crippen molar-refractivity contribution in [3.8, 4) is 11.7 Å². The number of rotatable bonds is 5. The van der Waals surface area contributed by atoms with Gasteiger partial charge in [-0.05, 0) is 24.3 Å². The molecule has 3 rings (SSSR count). The van der Waals surface area contributed by atoms with E-state index < -0.39 is 15.7 Å². The Morgan fingerprint density at radius 1 is 1.17 bits per heavy atom. The van der Waals surface area contributed by atoms with E-state index in [0.29, 0.717) is 0 Å². The van der Waals surface area contributed by atoms with Gasteiger partial charge in [0.2, 0.25) is 5.76 Å². The van der Waals surface area contributed by atoms with Crippen LogP contribution in [0.2, 0.25) is 0 Å². The minimum atomic E-state index is -3.31. The smallest absolute Gasteiger partial charge is 0.322 e. The van der Waals surface area contributed by atoms with Crippen LogP contribution in [0.5, 0.6) is 0 Å². The minimum absolute atomic E-state index is 0.00899. The molecule has 2 aromatic heterocycles. The lowest BCUT2D eigenvalue weighted by molar-refractivity contribution is 0.102. The zero-order chi connectivity index (χ0) is 17.2. The summed E-state index contributed by atoms with van der Waals surface area (Å²) in [4.78, 5) is 12.3. The first-order valence-corrected chi connectivity index (χ1v) is 8.53. The van der Waals surface area contributed by atoms with Crippen molar-refractivity contribution in [2.24, 2.45) is 0 Å². The molecule has 0 saturated carbocycles. The zero-order valence-electron chi connectivity index (χ0n) is 12.5. The van der Waals surface area contributed by atoms with Gasteiger partial charge >= 0.3 is 6.01 Å². The maximum Gasteiger partial charge on any atom is 0.322 e. The molecule has 1 amide bonds. The van der Waals surface area contributed by atoms with Crippen LogP contribution >= 0.6 is 0 Å². The molecule has 3 aromatic rings. The molecule has 0 aliphatic rings. The molecule has 24 heavy (non-hydrogen) atoms. The van der Waals surface area contributed by atoms with Crippen LogP contribution in [0.3, 0.4) is 0 Å². The highest BCUT2D eigenvalue weighted by atomic mass is 32.2. The molecule has 2 heterocycles. The molecule has 1 N–H and O–H groups in total. The number of carbonyl (C=O) groups is 1. The summed E-state index contributed by atoms with van der Waals surface area (Å²) in [6.45, 7) is 1.55. The molecule has 0 spiro atoms. The average Bonchev–Trinajstić information content (AvgIpc) is 3.26. The van der Waals surface area contributed by atoms with Crippen LogP contribution in [0.15, 0.2) is 50.4 Å². The third kappa shape index (κ3) is 3.18. The van der Waals surface area contributed by atoms with Gasteiger partial charge in [0.15, 0.2) is 9.84 Å². The zero-order valence-corrected chi connectivity index (χ0v) is 13.3. The first kappa shape index (κ1) is 15.9. The van der Waals surface area contributed by atoms with Crippen molar-refractivity contribution in [3.63, 3.8) is 0 Å². The van der Waals surface area contributed by atoms with Gasteiger partial charge < -0.3 is 8.94 Å². The largest absolute Gasteiger partial charge is 0.400 e. The molecule has 1 aromatic carbocycles. The van der Waals surface area contributed by atoms with E-state index in [4.69, 9.17) is 8.94 Å². The van der Waals surface area contributed by atoms with Crippen molar-refractivity contribution >= 4 is 21.8 Å². The summed E-state index contributed by atoms with van der Waals surface area (Å²) in [6.07, 6.45) is 1.42. The van der Waals surface area contributed by atoms with Gasteiger partial charge in [0, 0.05) is 11.6 Å². The van der Waals surface area contributed by atoms with Crippen molar-refractivity contribution in [1.29, 1.82) is 0 Å². The molecule has 0 aliphatic heterocycles. The molecular formula is C14H12N4O5S. The van der Waals surface area contributed by atoms with Gasteiger partial charge in [0.1, 0.15) is 0 Å². The lowest BCUT2D eigenvalue weighted by Gasteiger charge is -2.03. The number of amides is 1. The van der Waals surface area contributed by atoms with E-state index in [9.17, 15) is 13.2 Å². The second-order valence-electron chi connectivity index (χ2n) is 4.67. The Morgan fingerprint density at radius 3 is 2.54 bits per heavy atom. The quantitative estimate of drug-likeness (QED) is 0.738. The van der Waals surface area contributed by atoms with E-state index >= 15 is 0 Å². The van der Waals surface area contributed by atoms with Gasteiger partial charge in [-0.25, -0.2) is 8.42 Å². The second-order valence-corrected chi connectivity index (χ2v) is 6.95. The van der Waals surface area contributed by atoms with Crippen LogP contribution in [0.1, 0.15) is 17.3 Å². The highest BCUT2D eigenvalue weighted by Crippen LogP contribution is 2.19. The van der Waals surface area contributed by atoms with Gasteiger partial charge in [-0.2, -0.15) is 0 Å². The molecule has 0 radical (unpaired) electrons. The predicted molar refractivity (Wildman–Crippen MR) is 81.9 cm³/mol. The van der Waals surface area contributed by atoms with Gasteiger partial charge in [0.05, 0.1) is 16.8 Å². The van der Waals surface area contributed by atoms with Crippen molar-refractivity contribution in [3.05, 3.63) is 42.1 Å². The van der Waals surface area contributed by atoms with Crippen molar-refractivity contribution in [2.75, 3.05) is 11.1 Å². The van der Waals surface area contributed by atoms with Crippen LogP contribution in [0.4, 0.5) is 6.01 Å². The number of benzene rings is 1. The third-order valence-corrected chi connectivity index (χ3v) is 4.90. The lowest BCUT2D eigenvalue weighted by atomic mass is 10.2. The molecule has 0 bridgehead atoms. The molecule has 9 nitrogen and oxygen atoms in total. The highest BCUT2D eigenvalue weighted by molar-refractivity contribution is 7.91. The Bertz CT molecular complexity index is 945. The number of anilines is 1. The number of carbonyl (C=O) groups excluding carboxylic acids is 1. The number of nitrogens with zero attached hydrogens (tertiary/aromatic N) is 3. The average molecular weight is 348 g/mol.